The summed E-state index contributed by atoms with van der Waals surface area (Å²) in [5.41, 5.74) is 4.91. The maximum absolute atomic E-state index is 13.3. The summed E-state index contributed by atoms with van der Waals surface area (Å²) in [4.78, 5) is 30.8. The highest BCUT2D eigenvalue weighted by Crippen LogP contribution is 2.20. The van der Waals surface area contributed by atoms with Gasteiger partial charge in [0, 0.05) is 28.2 Å². The van der Waals surface area contributed by atoms with Crippen molar-refractivity contribution in [3.05, 3.63) is 116 Å². The third-order valence-corrected chi connectivity index (χ3v) is 5.71. The van der Waals surface area contributed by atoms with Gasteiger partial charge in [-0.3, -0.25) is 9.59 Å². The summed E-state index contributed by atoms with van der Waals surface area (Å²) in [6, 6.07) is 22.5. The highest BCUT2D eigenvalue weighted by atomic mass is 35.5. The molecule has 0 atom stereocenters. The van der Waals surface area contributed by atoms with Gasteiger partial charge in [0.2, 0.25) is 0 Å². The molecule has 0 spiro atoms. The third-order valence-electron chi connectivity index (χ3n) is 5.47. The zero-order valence-corrected chi connectivity index (χ0v) is 18.2. The average molecular weight is 431 g/mol. The minimum atomic E-state index is -0.187. The molecule has 0 unspecified atom stereocenters. The number of aromatic nitrogens is 1. The van der Waals surface area contributed by atoms with Crippen LogP contribution in [0.5, 0.6) is 0 Å². The monoisotopic (exact) mass is 430 g/mol. The molecule has 0 saturated heterocycles. The van der Waals surface area contributed by atoms with Gasteiger partial charge in [0.15, 0.2) is 0 Å². The number of nitrogens with one attached hydrogen (secondary N) is 1. The van der Waals surface area contributed by atoms with Gasteiger partial charge in [-0.25, -0.2) is 0 Å². The second-order valence-electron chi connectivity index (χ2n) is 7.80. The van der Waals surface area contributed by atoms with Crippen molar-refractivity contribution < 1.29 is 4.79 Å². The van der Waals surface area contributed by atoms with Crippen LogP contribution < -0.4 is 5.56 Å². The minimum Gasteiger partial charge on any atom is -0.330 e. The Hall–Kier alpha value is -3.37. The Bertz CT molecular complexity index is 1310. The Morgan fingerprint density at radius 2 is 1.65 bits per heavy atom. The lowest BCUT2D eigenvalue weighted by Gasteiger charge is -2.23. The van der Waals surface area contributed by atoms with Crippen LogP contribution in [0.15, 0.2) is 77.6 Å². The molecule has 1 amide bonds. The molecule has 0 radical (unpaired) electrons. The number of hydrogen-bond donors (Lipinski definition) is 1. The van der Waals surface area contributed by atoms with Crippen LogP contribution >= 0.6 is 11.6 Å². The molecule has 0 aliphatic heterocycles. The van der Waals surface area contributed by atoms with Crippen LogP contribution in [0, 0.1) is 13.8 Å². The van der Waals surface area contributed by atoms with Crippen molar-refractivity contribution in [1.82, 2.24) is 9.88 Å². The average Bonchev–Trinajstić information content (AvgIpc) is 2.75. The van der Waals surface area contributed by atoms with E-state index in [-0.39, 0.29) is 18.0 Å². The van der Waals surface area contributed by atoms with E-state index in [9.17, 15) is 9.59 Å². The maximum atomic E-state index is 13.3. The maximum Gasteiger partial charge on any atom is 0.254 e. The van der Waals surface area contributed by atoms with E-state index in [4.69, 9.17) is 11.6 Å². The molecule has 5 heteroatoms. The molecular weight excluding hydrogens is 408 g/mol. The lowest BCUT2D eigenvalue weighted by atomic mass is 10.0. The highest BCUT2D eigenvalue weighted by molar-refractivity contribution is 6.30. The van der Waals surface area contributed by atoms with Gasteiger partial charge >= 0.3 is 0 Å². The molecule has 4 nitrogen and oxygen atoms in total. The van der Waals surface area contributed by atoms with Crippen molar-refractivity contribution in [2.75, 3.05) is 0 Å². The number of amides is 1. The van der Waals surface area contributed by atoms with Crippen LogP contribution in [0.25, 0.3) is 10.9 Å². The summed E-state index contributed by atoms with van der Waals surface area (Å²) >= 11 is 6.11. The van der Waals surface area contributed by atoms with Crippen molar-refractivity contribution in [1.29, 1.82) is 0 Å². The summed E-state index contributed by atoms with van der Waals surface area (Å²) in [5, 5.41) is 1.45. The number of halogens is 1. The highest BCUT2D eigenvalue weighted by Gasteiger charge is 2.19. The number of carbonyl (C=O) groups excluding carboxylic acids is 1. The number of aromatic amines is 1. The molecule has 0 fully saturated rings. The second kappa shape index (κ2) is 8.78. The van der Waals surface area contributed by atoms with Gasteiger partial charge in [-0.2, -0.15) is 0 Å². The van der Waals surface area contributed by atoms with Crippen molar-refractivity contribution in [2.24, 2.45) is 0 Å². The lowest BCUT2D eigenvalue weighted by molar-refractivity contribution is 0.0729. The molecule has 3 aromatic carbocycles. The first kappa shape index (κ1) is 20.9. The molecule has 31 heavy (non-hydrogen) atoms. The van der Waals surface area contributed by atoms with Gasteiger partial charge in [-0.1, -0.05) is 48.0 Å². The SMILES string of the molecule is Cc1cc2cc(CN(Cc3ccccc3)C(=O)c3cccc(Cl)c3)c(=O)[nH]c2cc1C. The largest absolute Gasteiger partial charge is 0.330 e. The smallest absolute Gasteiger partial charge is 0.254 e. The molecule has 0 bridgehead atoms. The van der Waals surface area contributed by atoms with Crippen molar-refractivity contribution >= 4 is 28.4 Å². The number of pyridine rings is 1. The molecule has 0 saturated carbocycles. The molecule has 4 aromatic rings. The van der Waals surface area contributed by atoms with E-state index in [0.29, 0.717) is 22.7 Å². The number of carbonyl (C=O) groups is 1. The van der Waals surface area contributed by atoms with Crippen LogP contribution in [0.2, 0.25) is 5.02 Å². The Morgan fingerprint density at radius 3 is 2.39 bits per heavy atom. The fourth-order valence-electron chi connectivity index (χ4n) is 3.65. The minimum absolute atomic E-state index is 0.175. The van der Waals surface area contributed by atoms with Crippen LogP contribution in [0.3, 0.4) is 0 Å². The first-order valence-corrected chi connectivity index (χ1v) is 10.5. The van der Waals surface area contributed by atoms with E-state index in [1.54, 1.807) is 29.2 Å². The van der Waals surface area contributed by atoms with Gasteiger partial charge in [0.05, 0.1) is 6.54 Å². The van der Waals surface area contributed by atoms with E-state index in [1.165, 1.54) is 0 Å². The molecular formula is C26H23ClN2O2. The van der Waals surface area contributed by atoms with Gasteiger partial charge in [-0.05, 0) is 72.3 Å². The topological polar surface area (TPSA) is 53.2 Å². The van der Waals surface area contributed by atoms with Crippen molar-refractivity contribution in [3.8, 4) is 0 Å². The second-order valence-corrected chi connectivity index (χ2v) is 8.24. The van der Waals surface area contributed by atoms with Gasteiger partial charge in [0.1, 0.15) is 0 Å². The van der Waals surface area contributed by atoms with Gasteiger partial charge in [-0.15, -0.1) is 0 Å². The van der Waals surface area contributed by atoms with Crippen LogP contribution in [0.1, 0.15) is 32.6 Å². The predicted molar refractivity (Wildman–Crippen MR) is 126 cm³/mol. The van der Waals surface area contributed by atoms with E-state index in [2.05, 4.69) is 11.1 Å². The fraction of sp³-hybridized carbons (Fsp3) is 0.154. The van der Waals surface area contributed by atoms with E-state index in [0.717, 1.165) is 27.6 Å². The molecule has 0 aliphatic carbocycles. The Kier molecular flexibility index (Phi) is 5.92. The third kappa shape index (κ3) is 4.70. The first-order chi connectivity index (χ1) is 14.9. The van der Waals surface area contributed by atoms with E-state index < -0.39 is 0 Å². The van der Waals surface area contributed by atoms with Gasteiger partial charge < -0.3 is 9.88 Å². The van der Waals surface area contributed by atoms with Gasteiger partial charge in [0.25, 0.3) is 11.5 Å². The number of hydrogen-bond acceptors (Lipinski definition) is 2. The molecule has 0 aliphatic rings. The summed E-state index contributed by atoms with van der Waals surface area (Å²) in [5.74, 6) is -0.175. The molecule has 156 valence electrons. The van der Waals surface area contributed by atoms with Crippen LogP contribution in [-0.2, 0) is 13.1 Å². The first-order valence-electron chi connectivity index (χ1n) is 10.1. The summed E-state index contributed by atoms with van der Waals surface area (Å²) in [6.45, 7) is 4.64. The number of benzene rings is 3. The zero-order chi connectivity index (χ0) is 22.0. The van der Waals surface area contributed by atoms with E-state index in [1.807, 2.05) is 56.3 Å². The molecule has 4 rings (SSSR count). The Labute approximate surface area is 186 Å². The Balaban J connectivity index is 1.73. The quantitative estimate of drug-likeness (QED) is 0.445. The van der Waals surface area contributed by atoms with Crippen molar-refractivity contribution in [2.45, 2.75) is 26.9 Å². The number of rotatable bonds is 5. The summed E-state index contributed by atoms with van der Waals surface area (Å²) in [6.07, 6.45) is 0. The summed E-state index contributed by atoms with van der Waals surface area (Å²) in [7, 11) is 0. The lowest BCUT2D eigenvalue weighted by Crippen LogP contribution is -2.32. The van der Waals surface area contributed by atoms with Crippen LogP contribution in [0.4, 0.5) is 0 Å². The summed E-state index contributed by atoms with van der Waals surface area (Å²) < 4.78 is 0. The predicted octanol–water partition coefficient (Wildman–Crippen LogP) is 5.64. The number of fused-ring (bicyclic) bond motifs is 1. The molecule has 1 N–H and O–H groups in total. The number of nitrogens with zero attached hydrogens (tertiary/aromatic N) is 1. The number of H-pyrrole nitrogens is 1. The molecule has 1 aromatic heterocycles. The van der Waals surface area contributed by atoms with E-state index >= 15 is 0 Å². The molecule has 1 heterocycles. The van der Waals surface area contributed by atoms with Crippen LogP contribution in [-0.4, -0.2) is 15.8 Å². The standard InChI is InChI=1S/C26H23ClN2O2/c1-17-11-21-13-22(25(30)28-24(21)12-18(17)2)16-29(15-19-7-4-3-5-8-19)26(31)20-9-6-10-23(27)14-20/h3-14H,15-16H2,1-2H3,(H,28,30). The Morgan fingerprint density at radius 1 is 0.903 bits per heavy atom. The normalized spacial score (nSPS) is 10.9. The fourth-order valence-corrected chi connectivity index (χ4v) is 3.84. The van der Waals surface area contributed by atoms with Crippen molar-refractivity contribution in [3.63, 3.8) is 0 Å². The zero-order valence-electron chi connectivity index (χ0n) is 17.5. The number of aryl methyl sites for hydroxylation is 2.